The molecule has 2 atom stereocenters. The second-order valence-electron chi connectivity index (χ2n) is 3.66. The van der Waals surface area contributed by atoms with Crippen LogP contribution < -0.4 is 0 Å². The predicted molar refractivity (Wildman–Crippen MR) is 54.7 cm³/mol. The summed E-state index contributed by atoms with van der Waals surface area (Å²) in [5.74, 6) is 0.453. The number of aldehydes is 1. The van der Waals surface area contributed by atoms with Crippen LogP contribution in [0, 0.1) is 5.92 Å². The van der Waals surface area contributed by atoms with Crippen LogP contribution in [0.5, 0.6) is 0 Å². The molecule has 2 nitrogen and oxygen atoms in total. The van der Waals surface area contributed by atoms with Gasteiger partial charge >= 0.3 is 0 Å². The second-order valence-corrected chi connectivity index (χ2v) is 3.66. The molecule has 0 amide bonds. The average molecular weight is 184 g/mol. The molecule has 0 rings (SSSR count). The van der Waals surface area contributed by atoms with Gasteiger partial charge in [-0.25, -0.2) is 0 Å². The van der Waals surface area contributed by atoms with E-state index in [1.54, 1.807) is 7.11 Å². The minimum Gasteiger partial charge on any atom is -0.377 e. The van der Waals surface area contributed by atoms with Crippen molar-refractivity contribution in [3.8, 4) is 0 Å². The molecular formula is C11H20O2. The maximum absolute atomic E-state index is 10.2. The highest BCUT2D eigenvalue weighted by Crippen LogP contribution is 2.15. The lowest BCUT2D eigenvalue weighted by atomic mass is 9.98. The zero-order chi connectivity index (χ0) is 10.3. The Morgan fingerprint density at radius 2 is 2.15 bits per heavy atom. The first kappa shape index (κ1) is 12.4. The van der Waals surface area contributed by atoms with Crippen LogP contribution in [0.3, 0.4) is 0 Å². The lowest BCUT2D eigenvalue weighted by molar-refractivity contribution is -0.108. The van der Waals surface area contributed by atoms with Gasteiger partial charge in [0.15, 0.2) is 0 Å². The third-order valence-electron chi connectivity index (χ3n) is 2.25. The first-order chi connectivity index (χ1) is 6.11. The molecule has 0 saturated heterocycles. The van der Waals surface area contributed by atoms with Gasteiger partial charge in [0.05, 0.1) is 6.10 Å². The number of methoxy groups -OCH3 is 1. The normalized spacial score (nSPS) is 15.0. The van der Waals surface area contributed by atoms with Gasteiger partial charge in [0.25, 0.3) is 0 Å². The summed E-state index contributed by atoms with van der Waals surface area (Å²) in [6.45, 7) is 7.91. The van der Waals surface area contributed by atoms with Crippen molar-refractivity contribution in [2.75, 3.05) is 7.11 Å². The van der Waals surface area contributed by atoms with Crippen molar-refractivity contribution in [1.29, 1.82) is 0 Å². The molecule has 0 saturated carbocycles. The topological polar surface area (TPSA) is 26.3 Å². The Morgan fingerprint density at radius 1 is 1.54 bits per heavy atom. The number of hydrogen-bond donors (Lipinski definition) is 0. The number of carbonyl (C=O) groups is 1. The third-order valence-corrected chi connectivity index (χ3v) is 2.25. The average Bonchev–Trinajstić information content (AvgIpc) is 2.05. The van der Waals surface area contributed by atoms with Crippen LogP contribution in [0.15, 0.2) is 12.2 Å². The van der Waals surface area contributed by atoms with Crippen LogP contribution in [0.1, 0.15) is 33.1 Å². The van der Waals surface area contributed by atoms with E-state index >= 15 is 0 Å². The van der Waals surface area contributed by atoms with Gasteiger partial charge < -0.3 is 9.53 Å². The van der Waals surface area contributed by atoms with Gasteiger partial charge in [-0.05, 0) is 25.7 Å². The standard InChI is InChI=1S/C11H20O2/c1-9(2)11(13-4)6-5-10(3)7-8-12/h8,10-11H,1,5-7H2,2-4H3. The van der Waals surface area contributed by atoms with E-state index in [0.717, 1.165) is 24.7 Å². The van der Waals surface area contributed by atoms with E-state index in [9.17, 15) is 4.79 Å². The van der Waals surface area contributed by atoms with Crippen molar-refractivity contribution < 1.29 is 9.53 Å². The van der Waals surface area contributed by atoms with Gasteiger partial charge in [-0.2, -0.15) is 0 Å². The summed E-state index contributed by atoms with van der Waals surface area (Å²) in [7, 11) is 1.70. The molecule has 0 heterocycles. The van der Waals surface area contributed by atoms with Crippen molar-refractivity contribution in [2.24, 2.45) is 5.92 Å². The second kappa shape index (κ2) is 6.84. The summed E-state index contributed by atoms with van der Waals surface area (Å²) in [4.78, 5) is 10.2. The molecule has 0 radical (unpaired) electrons. The molecule has 0 aromatic rings. The quantitative estimate of drug-likeness (QED) is 0.449. The van der Waals surface area contributed by atoms with E-state index in [2.05, 4.69) is 13.5 Å². The number of carbonyl (C=O) groups excluding carboxylic acids is 1. The van der Waals surface area contributed by atoms with Crippen molar-refractivity contribution in [3.63, 3.8) is 0 Å². The van der Waals surface area contributed by atoms with E-state index in [-0.39, 0.29) is 6.10 Å². The van der Waals surface area contributed by atoms with Gasteiger partial charge in [0.1, 0.15) is 6.29 Å². The lowest BCUT2D eigenvalue weighted by Gasteiger charge is -2.16. The fourth-order valence-corrected chi connectivity index (χ4v) is 1.28. The van der Waals surface area contributed by atoms with E-state index in [1.807, 2.05) is 6.92 Å². The molecule has 0 bridgehead atoms. The fourth-order valence-electron chi connectivity index (χ4n) is 1.28. The molecule has 2 unspecified atom stereocenters. The van der Waals surface area contributed by atoms with Crippen molar-refractivity contribution in [2.45, 2.75) is 39.2 Å². The Morgan fingerprint density at radius 3 is 2.54 bits per heavy atom. The van der Waals surface area contributed by atoms with Gasteiger partial charge in [-0.1, -0.05) is 19.1 Å². The van der Waals surface area contributed by atoms with Crippen LogP contribution in [0.25, 0.3) is 0 Å². The fraction of sp³-hybridized carbons (Fsp3) is 0.727. The maximum Gasteiger partial charge on any atom is 0.120 e. The van der Waals surface area contributed by atoms with Gasteiger partial charge in [0, 0.05) is 13.5 Å². The smallest absolute Gasteiger partial charge is 0.120 e. The largest absolute Gasteiger partial charge is 0.377 e. The SMILES string of the molecule is C=C(C)C(CCC(C)CC=O)OC. The summed E-state index contributed by atoms with van der Waals surface area (Å²) in [5.41, 5.74) is 1.06. The van der Waals surface area contributed by atoms with Gasteiger partial charge in [-0.15, -0.1) is 0 Å². The Kier molecular flexibility index (Phi) is 6.51. The molecule has 0 aromatic heterocycles. The van der Waals surface area contributed by atoms with Crippen LogP contribution in [-0.2, 0) is 9.53 Å². The summed E-state index contributed by atoms with van der Waals surface area (Å²) in [6, 6.07) is 0. The summed E-state index contributed by atoms with van der Waals surface area (Å²) in [5, 5.41) is 0. The summed E-state index contributed by atoms with van der Waals surface area (Å²) < 4.78 is 5.25. The predicted octanol–water partition coefficient (Wildman–Crippen LogP) is 2.58. The lowest BCUT2D eigenvalue weighted by Crippen LogP contribution is -2.13. The van der Waals surface area contributed by atoms with E-state index in [1.165, 1.54) is 0 Å². The van der Waals surface area contributed by atoms with Crippen molar-refractivity contribution in [1.82, 2.24) is 0 Å². The third kappa shape index (κ3) is 5.58. The van der Waals surface area contributed by atoms with Gasteiger partial charge in [0.2, 0.25) is 0 Å². The molecule has 76 valence electrons. The molecule has 0 aliphatic rings. The zero-order valence-electron chi connectivity index (χ0n) is 8.88. The molecule has 0 N–H and O–H groups in total. The van der Waals surface area contributed by atoms with Crippen molar-refractivity contribution in [3.05, 3.63) is 12.2 Å². The minimum atomic E-state index is 0.147. The molecule has 0 fully saturated rings. The van der Waals surface area contributed by atoms with Crippen LogP contribution >= 0.6 is 0 Å². The molecule has 2 heteroatoms. The highest BCUT2D eigenvalue weighted by Gasteiger charge is 2.10. The van der Waals surface area contributed by atoms with E-state index in [0.29, 0.717) is 12.3 Å². The number of ether oxygens (including phenoxy) is 1. The maximum atomic E-state index is 10.2. The summed E-state index contributed by atoms with van der Waals surface area (Å²) in [6.07, 6.45) is 3.75. The van der Waals surface area contributed by atoms with Crippen LogP contribution in [0.2, 0.25) is 0 Å². The summed E-state index contributed by atoms with van der Waals surface area (Å²) >= 11 is 0. The number of rotatable bonds is 7. The Bertz CT molecular complexity index is 163. The highest BCUT2D eigenvalue weighted by atomic mass is 16.5. The number of hydrogen-bond acceptors (Lipinski definition) is 2. The molecule has 0 aliphatic carbocycles. The molecular weight excluding hydrogens is 164 g/mol. The Hall–Kier alpha value is -0.630. The minimum absolute atomic E-state index is 0.147. The molecule has 0 spiro atoms. The highest BCUT2D eigenvalue weighted by molar-refractivity contribution is 5.49. The van der Waals surface area contributed by atoms with Crippen molar-refractivity contribution >= 4 is 6.29 Å². The molecule has 13 heavy (non-hydrogen) atoms. The Labute approximate surface area is 81.0 Å². The first-order valence-electron chi connectivity index (χ1n) is 4.73. The van der Waals surface area contributed by atoms with E-state index in [4.69, 9.17) is 4.74 Å². The Balaban J connectivity index is 3.71. The monoisotopic (exact) mass is 184 g/mol. The first-order valence-corrected chi connectivity index (χ1v) is 4.73. The van der Waals surface area contributed by atoms with E-state index < -0.39 is 0 Å². The molecule has 0 aromatic carbocycles. The zero-order valence-corrected chi connectivity index (χ0v) is 8.88. The van der Waals surface area contributed by atoms with Gasteiger partial charge in [-0.3, -0.25) is 0 Å². The van der Waals surface area contributed by atoms with Crippen LogP contribution in [0.4, 0.5) is 0 Å². The molecule has 0 aliphatic heterocycles. The van der Waals surface area contributed by atoms with Crippen LogP contribution in [-0.4, -0.2) is 19.5 Å².